The van der Waals surface area contributed by atoms with Crippen molar-refractivity contribution < 1.29 is 42.9 Å². The molecule has 9 heteroatoms. The van der Waals surface area contributed by atoms with Crippen molar-refractivity contribution >= 4 is 29.7 Å². The van der Waals surface area contributed by atoms with Gasteiger partial charge in [-0.2, -0.15) is 0 Å². The minimum atomic E-state index is -1.45. The van der Waals surface area contributed by atoms with Gasteiger partial charge >= 0.3 is 23.9 Å². The van der Waals surface area contributed by atoms with E-state index in [1.54, 1.807) is 69.3 Å². The maximum atomic E-state index is 13.4. The van der Waals surface area contributed by atoms with Crippen LogP contribution in [-0.2, 0) is 38.1 Å². The highest BCUT2D eigenvalue weighted by Gasteiger charge is 2.62. The summed E-state index contributed by atoms with van der Waals surface area (Å²) in [6.45, 7) is 12.8. The molecular weight excluding hydrogens is 540 g/mol. The average Bonchev–Trinajstić information content (AvgIpc) is 3.14. The van der Waals surface area contributed by atoms with Crippen molar-refractivity contribution in [2.75, 3.05) is 0 Å². The van der Waals surface area contributed by atoms with Crippen LogP contribution in [-0.4, -0.2) is 53.6 Å². The van der Waals surface area contributed by atoms with Crippen molar-refractivity contribution in [1.82, 2.24) is 0 Å². The molecule has 42 heavy (non-hydrogen) atoms. The lowest BCUT2D eigenvalue weighted by atomic mass is 9.75. The number of carbonyl (C=O) groups excluding carboxylic acids is 5. The smallest absolute Gasteiger partial charge is 0.338 e. The van der Waals surface area contributed by atoms with Crippen molar-refractivity contribution in [2.24, 2.45) is 23.2 Å². The summed E-state index contributed by atoms with van der Waals surface area (Å²) >= 11 is 0. The summed E-state index contributed by atoms with van der Waals surface area (Å²) < 4.78 is 23.8. The van der Waals surface area contributed by atoms with Gasteiger partial charge in [0.1, 0.15) is 24.1 Å². The Morgan fingerprint density at radius 3 is 2.07 bits per heavy atom. The van der Waals surface area contributed by atoms with Gasteiger partial charge in [-0.1, -0.05) is 50.3 Å². The van der Waals surface area contributed by atoms with Gasteiger partial charge in [0.25, 0.3) is 0 Å². The highest BCUT2D eigenvalue weighted by atomic mass is 16.6. The monoisotopic (exact) mass is 582 g/mol. The van der Waals surface area contributed by atoms with Crippen molar-refractivity contribution in [3.63, 3.8) is 0 Å². The van der Waals surface area contributed by atoms with Gasteiger partial charge in [0.05, 0.1) is 11.5 Å². The largest absolute Gasteiger partial charge is 0.458 e. The molecule has 9 nitrogen and oxygen atoms in total. The summed E-state index contributed by atoms with van der Waals surface area (Å²) in [5.74, 6) is -4.12. The summed E-state index contributed by atoms with van der Waals surface area (Å²) in [6.07, 6.45) is 2.67. The van der Waals surface area contributed by atoms with Crippen molar-refractivity contribution in [1.29, 1.82) is 0 Å². The Bertz CT molecular complexity index is 1260. The summed E-state index contributed by atoms with van der Waals surface area (Å²) in [7, 11) is 0. The van der Waals surface area contributed by atoms with Crippen LogP contribution in [0.4, 0.5) is 0 Å². The fourth-order valence-electron chi connectivity index (χ4n) is 6.05. The first-order valence-electron chi connectivity index (χ1n) is 14.3. The summed E-state index contributed by atoms with van der Waals surface area (Å²) in [5.41, 5.74) is -1.51. The molecule has 0 bridgehead atoms. The molecule has 0 N–H and O–H groups in total. The molecule has 1 saturated carbocycles. The van der Waals surface area contributed by atoms with Crippen LogP contribution in [0, 0.1) is 23.2 Å². The summed E-state index contributed by atoms with van der Waals surface area (Å²) in [6, 6.07) is 8.52. The molecule has 1 aromatic rings. The Morgan fingerprint density at radius 1 is 0.881 bits per heavy atom. The van der Waals surface area contributed by atoms with Crippen LogP contribution in [0.2, 0.25) is 0 Å². The van der Waals surface area contributed by atoms with E-state index < -0.39 is 65.0 Å². The molecule has 7 atom stereocenters. The molecule has 0 aliphatic heterocycles. The molecule has 1 aromatic carbocycles. The Kier molecular flexibility index (Phi) is 10.2. The second-order valence-electron chi connectivity index (χ2n) is 12.1. The molecule has 0 saturated heterocycles. The third-order valence-electron chi connectivity index (χ3n) is 8.12. The van der Waals surface area contributed by atoms with Crippen molar-refractivity contribution in [2.45, 2.75) is 92.1 Å². The number of Topliss-reactive ketones (excluding diaryl/α,β-unsaturated/α-hetero) is 1. The van der Waals surface area contributed by atoms with Crippen LogP contribution in [0.25, 0.3) is 0 Å². The molecule has 0 heterocycles. The molecule has 0 spiro atoms. The molecule has 3 rings (SSSR count). The first kappa shape index (κ1) is 32.8. The molecule has 2 aliphatic carbocycles. The zero-order valence-electron chi connectivity index (χ0n) is 25.7. The van der Waals surface area contributed by atoms with Crippen molar-refractivity contribution in [3.05, 3.63) is 59.7 Å². The molecule has 1 fully saturated rings. The number of ether oxygens (including phenoxy) is 4. The van der Waals surface area contributed by atoms with E-state index in [2.05, 4.69) is 0 Å². The highest BCUT2D eigenvalue weighted by molar-refractivity contribution is 5.89. The predicted octanol–water partition coefficient (Wildman–Crippen LogP) is 5.17. The molecule has 228 valence electrons. The van der Waals surface area contributed by atoms with Gasteiger partial charge in [-0.25, -0.2) is 4.79 Å². The fourth-order valence-corrected chi connectivity index (χ4v) is 6.05. The maximum Gasteiger partial charge on any atom is 0.338 e. The standard InChI is InChI=1S/C33H42O9/c1-19-14-15-32(7,8)28(37)17-27(39-22(4)34)20(2)16-26-29(41-31(38)25-12-10-9-11-13-25)21(3)18-33(26,42-24(6)36)30(19)40-23(5)35/h9-16,19,21,26-27,29-30H,17-18H2,1-8H3/b15-14+,20-16+/t19-,21-,26+,27-,29+,30-,33-/m1/s1. The van der Waals surface area contributed by atoms with Gasteiger partial charge in [-0.15, -0.1) is 0 Å². The molecule has 0 amide bonds. The predicted molar refractivity (Wildman–Crippen MR) is 154 cm³/mol. The lowest BCUT2D eigenvalue weighted by Crippen LogP contribution is -2.55. The van der Waals surface area contributed by atoms with E-state index in [-0.39, 0.29) is 24.5 Å². The minimum absolute atomic E-state index is 0.0850. The van der Waals surface area contributed by atoms with Crippen LogP contribution in [0.1, 0.15) is 78.6 Å². The van der Waals surface area contributed by atoms with Gasteiger partial charge in [0, 0.05) is 38.5 Å². The number of ketones is 1. The van der Waals surface area contributed by atoms with Crippen LogP contribution in [0.5, 0.6) is 0 Å². The van der Waals surface area contributed by atoms with Crippen molar-refractivity contribution in [3.8, 4) is 0 Å². The fraction of sp³-hybridized carbons (Fsp3) is 0.545. The van der Waals surface area contributed by atoms with Gasteiger partial charge < -0.3 is 18.9 Å². The molecule has 0 unspecified atom stereocenters. The maximum absolute atomic E-state index is 13.4. The number of rotatable bonds is 5. The topological polar surface area (TPSA) is 122 Å². The zero-order valence-corrected chi connectivity index (χ0v) is 25.7. The van der Waals surface area contributed by atoms with E-state index in [1.165, 1.54) is 20.8 Å². The highest BCUT2D eigenvalue weighted by Crippen LogP contribution is 2.51. The number of esters is 4. The SMILES string of the molecule is CC(=O)O[C@@H]1[C@H](C)/C=C/C(C)(C)C(=O)C[C@@H](OC(C)=O)/C(C)=C/[C@H]2[C@@H](OC(=O)c3ccccc3)[C@H](C)C[C@]12OC(C)=O. The van der Waals surface area contributed by atoms with E-state index >= 15 is 0 Å². The first-order chi connectivity index (χ1) is 19.6. The second kappa shape index (κ2) is 13.0. The van der Waals surface area contributed by atoms with E-state index in [1.807, 2.05) is 13.8 Å². The Labute approximate surface area is 247 Å². The molecule has 0 radical (unpaired) electrons. The quantitative estimate of drug-likeness (QED) is 0.263. The number of hydrogen-bond acceptors (Lipinski definition) is 9. The van der Waals surface area contributed by atoms with E-state index in [0.717, 1.165) is 0 Å². The number of benzene rings is 1. The normalized spacial score (nSPS) is 33.0. The first-order valence-corrected chi connectivity index (χ1v) is 14.3. The van der Waals surface area contributed by atoms with E-state index in [9.17, 15) is 24.0 Å². The molecular formula is C33H42O9. The summed E-state index contributed by atoms with van der Waals surface area (Å²) in [4.78, 5) is 64.0. The van der Waals surface area contributed by atoms with Crippen LogP contribution in [0.15, 0.2) is 54.1 Å². The van der Waals surface area contributed by atoms with Crippen LogP contribution < -0.4 is 0 Å². The Morgan fingerprint density at radius 2 is 1.50 bits per heavy atom. The number of fused-ring (bicyclic) bond motifs is 1. The third-order valence-corrected chi connectivity index (χ3v) is 8.12. The zero-order chi connectivity index (χ0) is 31.4. The van der Waals surface area contributed by atoms with Gasteiger partial charge in [0.15, 0.2) is 5.60 Å². The Balaban J connectivity index is 2.29. The lowest BCUT2D eigenvalue weighted by molar-refractivity contribution is -0.195. The van der Waals surface area contributed by atoms with Crippen LogP contribution >= 0.6 is 0 Å². The van der Waals surface area contributed by atoms with E-state index in [0.29, 0.717) is 11.1 Å². The number of hydrogen-bond donors (Lipinski definition) is 0. The Hall–Kier alpha value is -3.75. The number of allylic oxidation sites excluding steroid dienone is 1. The minimum Gasteiger partial charge on any atom is -0.458 e. The van der Waals surface area contributed by atoms with Gasteiger partial charge in [-0.3, -0.25) is 19.2 Å². The second-order valence-corrected chi connectivity index (χ2v) is 12.1. The molecule has 2 aliphatic rings. The van der Waals surface area contributed by atoms with Gasteiger partial charge in [-0.05, 0) is 50.8 Å². The average molecular weight is 583 g/mol. The van der Waals surface area contributed by atoms with E-state index in [4.69, 9.17) is 18.9 Å². The summed E-state index contributed by atoms with van der Waals surface area (Å²) in [5, 5.41) is 0. The third kappa shape index (κ3) is 7.36. The lowest BCUT2D eigenvalue weighted by Gasteiger charge is -2.43. The van der Waals surface area contributed by atoms with Crippen LogP contribution in [0.3, 0.4) is 0 Å². The van der Waals surface area contributed by atoms with Gasteiger partial charge in [0.2, 0.25) is 0 Å². The molecule has 0 aromatic heterocycles. The number of carbonyl (C=O) groups is 5.